The Morgan fingerprint density at radius 2 is 1.68 bits per heavy atom. The SMILES string of the molecule is Cc1ccc(NC(=O)C(C)C)cc1-c1ccc(C(=O)O)cc1. The number of aryl methyl sites for hydroxylation is 1. The maximum Gasteiger partial charge on any atom is 0.335 e. The molecule has 0 heterocycles. The van der Waals surface area contributed by atoms with Crippen molar-refractivity contribution in [1.29, 1.82) is 0 Å². The van der Waals surface area contributed by atoms with Crippen molar-refractivity contribution in [2.75, 3.05) is 5.32 Å². The molecule has 4 heteroatoms. The zero-order chi connectivity index (χ0) is 16.3. The number of hydrogen-bond acceptors (Lipinski definition) is 2. The van der Waals surface area contributed by atoms with Crippen molar-refractivity contribution in [3.05, 3.63) is 53.6 Å². The lowest BCUT2D eigenvalue weighted by molar-refractivity contribution is -0.118. The van der Waals surface area contributed by atoms with E-state index >= 15 is 0 Å². The van der Waals surface area contributed by atoms with Crippen LogP contribution in [0.1, 0.15) is 29.8 Å². The lowest BCUT2D eigenvalue weighted by Gasteiger charge is -2.12. The summed E-state index contributed by atoms with van der Waals surface area (Å²) >= 11 is 0. The molecular weight excluding hydrogens is 278 g/mol. The van der Waals surface area contributed by atoms with Crippen molar-refractivity contribution < 1.29 is 14.7 Å². The molecule has 0 unspecified atom stereocenters. The molecule has 0 fully saturated rings. The number of hydrogen-bond donors (Lipinski definition) is 2. The van der Waals surface area contributed by atoms with Gasteiger partial charge in [0.15, 0.2) is 0 Å². The molecule has 0 saturated carbocycles. The van der Waals surface area contributed by atoms with Gasteiger partial charge in [-0.25, -0.2) is 4.79 Å². The Kier molecular flexibility index (Phi) is 4.61. The third-order valence-corrected chi connectivity index (χ3v) is 3.47. The molecule has 22 heavy (non-hydrogen) atoms. The van der Waals surface area contributed by atoms with Crippen LogP contribution >= 0.6 is 0 Å². The van der Waals surface area contributed by atoms with Gasteiger partial charge in [0.1, 0.15) is 0 Å². The second-order valence-electron chi connectivity index (χ2n) is 5.56. The van der Waals surface area contributed by atoms with Gasteiger partial charge in [-0.3, -0.25) is 4.79 Å². The summed E-state index contributed by atoms with van der Waals surface area (Å²) in [5.74, 6) is -1.06. The molecule has 4 nitrogen and oxygen atoms in total. The molecule has 0 atom stereocenters. The van der Waals surface area contributed by atoms with Crippen LogP contribution in [0, 0.1) is 12.8 Å². The molecule has 0 spiro atoms. The number of rotatable bonds is 4. The summed E-state index contributed by atoms with van der Waals surface area (Å²) in [6, 6.07) is 12.4. The first-order chi connectivity index (χ1) is 10.4. The monoisotopic (exact) mass is 297 g/mol. The van der Waals surface area contributed by atoms with Gasteiger partial charge >= 0.3 is 5.97 Å². The van der Waals surface area contributed by atoms with Crippen LogP contribution in [-0.4, -0.2) is 17.0 Å². The Morgan fingerprint density at radius 3 is 2.23 bits per heavy atom. The number of benzene rings is 2. The summed E-state index contributed by atoms with van der Waals surface area (Å²) in [7, 11) is 0. The van der Waals surface area contributed by atoms with E-state index in [2.05, 4.69) is 5.32 Å². The van der Waals surface area contributed by atoms with Gasteiger partial charge in [0.05, 0.1) is 5.56 Å². The van der Waals surface area contributed by atoms with Crippen LogP contribution in [0.4, 0.5) is 5.69 Å². The largest absolute Gasteiger partial charge is 0.478 e. The first kappa shape index (κ1) is 15.8. The van der Waals surface area contributed by atoms with Crippen molar-refractivity contribution in [2.24, 2.45) is 5.92 Å². The number of carbonyl (C=O) groups is 2. The topological polar surface area (TPSA) is 66.4 Å². The highest BCUT2D eigenvalue weighted by atomic mass is 16.4. The molecule has 114 valence electrons. The van der Waals surface area contributed by atoms with E-state index in [4.69, 9.17) is 5.11 Å². The molecule has 0 aliphatic heterocycles. The molecule has 0 bridgehead atoms. The fraction of sp³-hybridized carbons (Fsp3) is 0.222. The Hall–Kier alpha value is -2.62. The minimum absolute atomic E-state index is 0.0315. The van der Waals surface area contributed by atoms with E-state index in [1.807, 2.05) is 39.0 Å². The van der Waals surface area contributed by atoms with Crippen LogP contribution in [-0.2, 0) is 4.79 Å². The molecule has 2 rings (SSSR count). The van der Waals surface area contributed by atoms with Gasteiger partial charge in [0, 0.05) is 11.6 Å². The van der Waals surface area contributed by atoms with Gasteiger partial charge < -0.3 is 10.4 Å². The number of amides is 1. The molecule has 2 N–H and O–H groups in total. The standard InChI is InChI=1S/C18H19NO3/c1-11(2)17(20)19-15-9-4-12(3)16(10-15)13-5-7-14(8-6-13)18(21)22/h4-11H,1-3H3,(H,19,20)(H,21,22). The van der Waals surface area contributed by atoms with E-state index in [0.717, 1.165) is 22.4 Å². The van der Waals surface area contributed by atoms with Crippen LogP contribution in [0.5, 0.6) is 0 Å². The predicted molar refractivity (Wildman–Crippen MR) is 87.0 cm³/mol. The lowest BCUT2D eigenvalue weighted by Crippen LogP contribution is -2.17. The van der Waals surface area contributed by atoms with E-state index in [9.17, 15) is 9.59 Å². The fourth-order valence-electron chi connectivity index (χ4n) is 2.09. The first-order valence-corrected chi connectivity index (χ1v) is 7.13. The average Bonchev–Trinajstić information content (AvgIpc) is 2.49. The first-order valence-electron chi connectivity index (χ1n) is 7.13. The summed E-state index contributed by atoms with van der Waals surface area (Å²) in [4.78, 5) is 22.7. The lowest BCUT2D eigenvalue weighted by atomic mass is 9.98. The maximum absolute atomic E-state index is 11.8. The van der Waals surface area contributed by atoms with Crippen LogP contribution in [0.2, 0.25) is 0 Å². The summed E-state index contributed by atoms with van der Waals surface area (Å²) < 4.78 is 0. The zero-order valence-corrected chi connectivity index (χ0v) is 12.9. The van der Waals surface area contributed by atoms with Crippen molar-refractivity contribution in [2.45, 2.75) is 20.8 Å². The van der Waals surface area contributed by atoms with Gasteiger partial charge in [-0.15, -0.1) is 0 Å². The van der Waals surface area contributed by atoms with Crippen molar-refractivity contribution in [3.8, 4) is 11.1 Å². The van der Waals surface area contributed by atoms with E-state index in [0.29, 0.717) is 0 Å². The van der Waals surface area contributed by atoms with Crippen molar-refractivity contribution in [1.82, 2.24) is 0 Å². The predicted octanol–water partition coefficient (Wildman–Crippen LogP) is 3.95. The molecule has 2 aromatic rings. The summed E-state index contributed by atoms with van der Waals surface area (Å²) in [5.41, 5.74) is 3.94. The third kappa shape index (κ3) is 3.52. The zero-order valence-electron chi connectivity index (χ0n) is 12.9. The third-order valence-electron chi connectivity index (χ3n) is 3.47. The summed E-state index contributed by atoms with van der Waals surface area (Å²) in [6.45, 7) is 5.67. The number of aromatic carboxylic acids is 1. The Balaban J connectivity index is 2.34. The molecular formula is C18H19NO3. The quantitative estimate of drug-likeness (QED) is 0.897. The Bertz CT molecular complexity index is 703. The van der Waals surface area contributed by atoms with Crippen LogP contribution in [0.25, 0.3) is 11.1 Å². The van der Waals surface area contributed by atoms with E-state index in [1.165, 1.54) is 0 Å². The summed E-state index contributed by atoms with van der Waals surface area (Å²) in [5, 5.41) is 11.8. The normalized spacial score (nSPS) is 10.5. The van der Waals surface area contributed by atoms with Gasteiger partial charge in [0.2, 0.25) is 5.91 Å². The fourth-order valence-corrected chi connectivity index (χ4v) is 2.09. The Labute approximate surface area is 129 Å². The number of nitrogens with one attached hydrogen (secondary N) is 1. The van der Waals surface area contributed by atoms with Gasteiger partial charge in [-0.2, -0.15) is 0 Å². The minimum Gasteiger partial charge on any atom is -0.478 e. The maximum atomic E-state index is 11.8. The molecule has 0 aliphatic carbocycles. The molecule has 0 aromatic heterocycles. The molecule has 1 amide bonds. The van der Waals surface area contributed by atoms with Gasteiger partial charge in [-0.05, 0) is 47.9 Å². The molecule has 0 aliphatic rings. The van der Waals surface area contributed by atoms with E-state index in [-0.39, 0.29) is 17.4 Å². The number of anilines is 1. The highest BCUT2D eigenvalue weighted by molar-refractivity contribution is 5.93. The van der Waals surface area contributed by atoms with Crippen molar-refractivity contribution >= 4 is 17.6 Å². The average molecular weight is 297 g/mol. The van der Waals surface area contributed by atoms with Crippen molar-refractivity contribution in [3.63, 3.8) is 0 Å². The molecule has 0 saturated heterocycles. The number of carboxylic acid groups (broad SMARTS) is 1. The van der Waals surface area contributed by atoms with Crippen LogP contribution < -0.4 is 5.32 Å². The number of carboxylic acids is 1. The van der Waals surface area contributed by atoms with Crippen LogP contribution in [0.3, 0.4) is 0 Å². The smallest absolute Gasteiger partial charge is 0.335 e. The van der Waals surface area contributed by atoms with Crippen LogP contribution in [0.15, 0.2) is 42.5 Å². The highest BCUT2D eigenvalue weighted by Crippen LogP contribution is 2.27. The second-order valence-corrected chi connectivity index (χ2v) is 5.56. The molecule has 0 radical (unpaired) electrons. The second kappa shape index (κ2) is 6.43. The van der Waals surface area contributed by atoms with E-state index < -0.39 is 5.97 Å². The molecule has 2 aromatic carbocycles. The minimum atomic E-state index is -0.943. The highest BCUT2D eigenvalue weighted by Gasteiger charge is 2.10. The van der Waals surface area contributed by atoms with E-state index in [1.54, 1.807) is 24.3 Å². The number of carbonyl (C=O) groups excluding carboxylic acids is 1. The van der Waals surface area contributed by atoms with Gasteiger partial charge in [-0.1, -0.05) is 32.0 Å². The Morgan fingerprint density at radius 1 is 1.05 bits per heavy atom. The van der Waals surface area contributed by atoms with Gasteiger partial charge in [0.25, 0.3) is 0 Å². The summed E-state index contributed by atoms with van der Waals surface area (Å²) in [6.07, 6.45) is 0.